The number of aliphatic hydroxyl groups is 1. The molecular weight excluding hydrogens is 248 g/mol. The lowest BCUT2D eigenvalue weighted by atomic mass is 10.2. The second-order valence-corrected chi connectivity index (χ2v) is 5.17. The van der Waals surface area contributed by atoms with Gasteiger partial charge < -0.3 is 10.4 Å². The molecule has 1 unspecified atom stereocenters. The quantitative estimate of drug-likeness (QED) is 0.814. The molecule has 0 spiro atoms. The van der Waals surface area contributed by atoms with Crippen molar-refractivity contribution in [2.75, 3.05) is 6.54 Å². The summed E-state index contributed by atoms with van der Waals surface area (Å²) in [4.78, 5) is 16.0. The molecule has 0 fully saturated rings. The van der Waals surface area contributed by atoms with Crippen LogP contribution in [0.25, 0.3) is 10.2 Å². The number of fused-ring (bicyclic) bond motifs is 1. The van der Waals surface area contributed by atoms with Crippen LogP contribution in [0.15, 0.2) is 23.7 Å². The molecule has 0 aliphatic heterocycles. The van der Waals surface area contributed by atoms with Crippen LogP contribution in [0.5, 0.6) is 0 Å². The van der Waals surface area contributed by atoms with Crippen LogP contribution in [0.3, 0.4) is 0 Å². The van der Waals surface area contributed by atoms with Crippen LogP contribution in [0.4, 0.5) is 0 Å². The minimum absolute atomic E-state index is 0.0732. The average Bonchev–Trinajstić information content (AvgIpc) is 2.81. The molecule has 0 bridgehead atoms. The summed E-state index contributed by atoms with van der Waals surface area (Å²) in [5.74, 6) is -0.0732. The molecule has 2 aromatic rings. The fourth-order valence-electron chi connectivity index (χ4n) is 1.70. The Hall–Kier alpha value is -1.46. The number of thiazole rings is 1. The van der Waals surface area contributed by atoms with Crippen molar-refractivity contribution in [2.24, 2.45) is 0 Å². The molecule has 0 aliphatic rings. The number of hydrogen-bond donors (Lipinski definition) is 2. The Labute approximate surface area is 110 Å². The molecule has 5 heteroatoms. The van der Waals surface area contributed by atoms with Gasteiger partial charge in [-0.15, -0.1) is 11.3 Å². The minimum Gasteiger partial charge on any atom is -0.393 e. The lowest BCUT2D eigenvalue weighted by Crippen LogP contribution is -2.24. The maximum absolute atomic E-state index is 11.9. The van der Waals surface area contributed by atoms with Gasteiger partial charge in [-0.1, -0.05) is 0 Å². The molecule has 1 heterocycles. The minimum atomic E-state index is -0.310. The van der Waals surface area contributed by atoms with Crippen molar-refractivity contribution in [2.45, 2.75) is 25.9 Å². The Morgan fingerprint density at radius 2 is 2.39 bits per heavy atom. The van der Waals surface area contributed by atoms with Crippen LogP contribution in [-0.4, -0.2) is 28.6 Å². The maximum atomic E-state index is 11.9. The molecule has 1 atom stereocenters. The number of nitrogens with zero attached hydrogens (tertiary/aromatic N) is 1. The molecule has 1 amide bonds. The molecule has 1 aromatic carbocycles. The highest BCUT2D eigenvalue weighted by Crippen LogP contribution is 2.18. The molecule has 4 nitrogen and oxygen atoms in total. The highest BCUT2D eigenvalue weighted by Gasteiger charge is 2.07. The van der Waals surface area contributed by atoms with E-state index in [1.165, 1.54) is 11.3 Å². The van der Waals surface area contributed by atoms with Gasteiger partial charge in [0.25, 0.3) is 5.91 Å². The van der Waals surface area contributed by atoms with E-state index in [4.69, 9.17) is 5.11 Å². The number of aliphatic hydroxyl groups excluding tert-OH is 1. The predicted octanol–water partition coefficient (Wildman–Crippen LogP) is 2.19. The Balaban J connectivity index is 1.92. The van der Waals surface area contributed by atoms with Gasteiger partial charge in [0.1, 0.15) is 0 Å². The zero-order chi connectivity index (χ0) is 13.0. The molecule has 1 aromatic heterocycles. The van der Waals surface area contributed by atoms with Crippen LogP contribution in [0, 0.1) is 0 Å². The van der Waals surface area contributed by atoms with Crippen molar-refractivity contribution in [3.05, 3.63) is 29.3 Å². The topological polar surface area (TPSA) is 62.2 Å². The molecule has 2 N–H and O–H groups in total. The number of carbonyl (C=O) groups is 1. The lowest BCUT2D eigenvalue weighted by Gasteiger charge is -2.06. The Morgan fingerprint density at radius 1 is 1.56 bits per heavy atom. The standard InChI is InChI=1S/C13H16N2O2S/c1-9(16)3-2-6-14-13(17)10-4-5-11-12(7-10)18-8-15-11/h4-5,7-9,16H,2-3,6H2,1H3,(H,14,17). The largest absolute Gasteiger partial charge is 0.393 e. The fourth-order valence-corrected chi connectivity index (χ4v) is 2.41. The molecule has 2 rings (SSSR count). The molecule has 0 aliphatic carbocycles. The van der Waals surface area contributed by atoms with E-state index in [0.717, 1.165) is 16.6 Å². The van der Waals surface area contributed by atoms with Crippen LogP contribution in [0.2, 0.25) is 0 Å². The first kappa shape index (κ1) is 13.0. The number of rotatable bonds is 5. The van der Waals surface area contributed by atoms with E-state index in [1.807, 2.05) is 12.1 Å². The Morgan fingerprint density at radius 3 is 3.17 bits per heavy atom. The van der Waals surface area contributed by atoms with E-state index in [9.17, 15) is 4.79 Å². The number of hydrogen-bond acceptors (Lipinski definition) is 4. The van der Waals surface area contributed by atoms with E-state index in [1.54, 1.807) is 18.5 Å². The number of nitrogens with one attached hydrogen (secondary N) is 1. The number of aromatic nitrogens is 1. The summed E-state index contributed by atoms with van der Waals surface area (Å²) in [6, 6.07) is 5.50. The van der Waals surface area contributed by atoms with E-state index in [0.29, 0.717) is 18.5 Å². The van der Waals surface area contributed by atoms with Gasteiger partial charge in [-0.2, -0.15) is 0 Å². The summed E-state index contributed by atoms with van der Waals surface area (Å²) >= 11 is 1.53. The molecule has 0 saturated heterocycles. The molecule has 96 valence electrons. The summed E-state index contributed by atoms with van der Waals surface area (Å²) in [6.07, 6.45) is 1.18. The Kier molecular flexibility index (Phi) is 4.28. The first-order valence-corrected chi connectivity index (χ1v) is 6.84. The summed E-state index contributed by atoms with van der Waals surface area (Å²) in [7, 11) is 0. The summed E-state index contributed by atoms with van der Waals surface area (Å²) in [5, 5.41) is 12.0. The van der Waals surface area contributed by atoms with Crippen molar-refractivity contribution in [1.82, 2.24) is 10.3 Å². The molecule has 18 heavy (non-hydrogen) atoms. The fraction of sp³-hybridized carbons (Fsp3) is 0.385. The van der Waals surface area contributed by atoms with E-state index < -0.39 is 0 Å². The van der Waals surface area contributed by atoms with Gasteiger partial charge in [-0.05, 0) is 38.0 Å². The van der Waals surface area contributed by atoms with Gasteiger partial charge >= 0.3 is 0 Å². The van der Waals surface area contributed by atoms with Crippen molar-refractivity contribution >= 4 is 27.5 Å². The maximum Gasteiger partial charge on any atom is 0.251 e. The van der Waals surface area contributed by atoms with Crippen molar-refractivity contribution in [3.63, 3.8) is 0 Å². The third-order valence-electron chi connectivity index (χ3n) is 2.68. The number of benzene rings is 1. The highest BCUT2D eigenvalue weighted by atomic mass is 32.1. The van der Waals surface area contributed by atoms with Crippen LogP contribution in [-0.2, 0) is 0 Å². The van der Waals surface area contributed by atoms with Gasteiger partial charge in [-0.25, -0.2) is 4.98 Å². The van der Waals surface area contributed by atoms with Crippen molar-refractivity contribution in [3.8, 4) is 0 Å². The first-order chi connectivity index (χ1) is 8.66. The molecule has 0 radical (unpaired) electrons. The van der Waals surface area contributed by atoms with Gasteiger partial charge in [0.2, 0.25) is 0 Å². The summed E-state index contributed by atoms with van der Waals surface area (Å²) in [5.41, 5.74) is 3.35. The van der Waals surface area contributed by atoms with Crippen LogP contribution < -0.4 is 5.32 Å². The van der Waals surface area contributed by atoms with E-state index in [2.05, 4.69) is 10.3 Å². The average molecular weight is 264 g/mol. The monoisotopic (exact) mass is 264 g/mol. The predicted molar refractivity (Wildman–Crippen MR) is 72.9 cm³/mol. The Bertz CT molecular complexity index is 537. The second kappa shape index (κ2) is 5.93. The second-order valence-electron chi connectivity index (χ2n) is 4.28. The van der Waals surface area contributed by atoms with Gasteiger partial charge in [0.15, 0.2) is 0 Å². The molecule has 0 saturated carbocycles. The van der Waals surface area contributed by atoms with E-state index in [-0.39, 0.29) is 12.0 Å². The van der Waals surface area contributed by atoms with Crippen LogP contribution >= 0.6 is 11.3 Å². The van der Waals surface area contributed by atoms with E-state index >= 15 is 0 Å². The lowest BCUT2D eigenvalue weighted by molar-refractivity contribution is 0.0950. The van der Waals surface area contributed by atoms with Gasteiger partial charge in [-0.3, -0.25) is 4.79 Å². The third kappa shape index (κ3) is 3.27. The molecular formula is C13H16N2O2S. The van der Waals surface area contributed by atoms with Crippen molar-refractivity contribution in [1.29, 1.82) is 0 Å². The van der Waals surface area contributed by atoms with Gasteiger partial charge in [0.05, 0.1) is 21.8 Å². The highest BCUT2D eigenvalue weighted by molar-refractivity contribution is 7.16. The smallest absolute Gasteiger partial charge is 0.251 e. The first-order valence-electron chi connectivity index (χ1n) is 5.96. The number of amides is 1. The van der Waals surface area contributed by atoms with Crippen LogP contribution in [0.1, 0.15) is 30.1 Å². The normalized spacial score (nSPS) is 12.6. The SMILES string of the molecule is CC(O)CCCNC(=O)c1ccc2ncsc2c1. The zero-order valence-corrected chi connectivity index (χ0v) is 11.0. The summed E-state index contributed by atoms with van der Waals surface area (Å²) in [6.45, 7) is 2.34. The van der Waals surface area contributed by atoms with Gasteiger partial charge in [0, 0.05) is 12.1 Å². The zero-order valence-electron chi connectivity index (χ0n) is 10.2. The number of carbonyl (C=O) groups excluding carboxylic acids is 1. The van der Waals surface area contributed by atoms with Crippen molar-refractivity contribution < 1.29 is 9.90 Å². The third-order valence-corrected chi connectivity index (χ3v) is 3.47. The summed E-state index contributed by atoms with van der Waals surface area (Å²) < 4.78 is 1.02.